The van der Waals surface area contributed by atoms with Crippen LogP contribution in [0.15, 0.2) is 36.4 Å². The van der Waals surface area contributed by atoms with E-state index >= 15 is 0 Å². The average molecular weight is 388 g/mol. The second-order valence-electron chi connectivity index (χ2n) is 5.75. The molecule has 12 nitrogen and oxygen atoms in total. The first-order chi connectivity index (χ1) is 13.2. The average Bonchev–Trinajstić information content (AvgIpc) is 2.62. The Morgan fingerprint density at radius 1 is 1.14 bits per heavy atom. The zero-order valence-electron chi connectivity index (χ0n) is 14.0. The van der Waals surface area contributed by atoms with Crippen LogP contribution >= 0.6 is 0 Å². The lowest BCUT2D eigenvalue weighted by molar-refractivity contribution is -0.385. The number of nitrogens with zero attached hydrogens (tertiary/aromatic N) is 3. The van der Waals surface area contributed by atoms with E-state index in [1.54, 1.807) is 0 Å². The maximum absolute atomic E-state index is 12.3. The Bertz CT molecular complexity index is 1010. The third-order valence-corrected chi connectivity index (χ3v) is 3.84. The molecule has 0 fully saturated rings. The summed E-state index contributed by atoms with van der Waals surface area (Å²) < 4.78 is 4.98. The summed E-state index contributed by atoms with van der Waals surface area (Å²) in [6, 6.07) is 6.77. The largest absolute Gasteiger partial charge is 0.506 e. The number of nitro groups is 2. The molecule has 0 atom stereocenters. The molecule has 0 saturated carbocycles. The highest BCUT2D eigenvalue weighted by molar-refractivity contribution is 5.97. The third kappa shape index (κ3) is 3.80. The van der Waals surface area contributed by atoms with Crippen molar-refractivity contribution in [2.75, 3.05) is 23.3 Å². The molecule has 2 N–H and O–H groups in total. The number of phenolic OH excluding ortho intramolecular Hbond substituents is 1. The van der Waals surface area contributed by atoms with Crippen molar-refractivity contribution in [1.82, 2.24) is 0 Å². The molecule has 0 aliphatic carbocycles. The predicted octanol–water partition coefficient (Wildman–Crippen LogP) is 1.57. The van der Waals surface area contributed by atoms with Crippen LogP contribution < -0.4 is 15.0 Å². The van der Waals surface area contributed by atoms with Gasteiger partial charge in [-0.2, -0.15) is 0 Å². The Labute approximate surface area is 156 Å². The molecule has 28 heavy (non-hydrogen) atoms. The molecule has 3 rings (SSSR count). The smallest absolute Gasteiger partial charge is 0.331 e. The number of hydrogen-bond donors (Lipinski definition) is 2. The summed E-state index contributed by atoms with van der Waals surface area (Å²) in [4.78, 5) is 45.7. The van der Waals surface area contributed by atoms with E-state index in [0.29, 0.717) is 5.69 Å². The van der Waals surface area contributed by atoms with E-state index in [1.165, 1.54) is 17.0 Å². The van der Waals surface area contributed by atoms with Gasteiger partial charge in [-0.15, -0.1) is 0 Å². The summed E-state index contributed by atoms with van der Waals surface area (Å²) >= 11 is 0. The number of esters is 1. The Morgan fingerprint density at radius 3 is 2.46 bits per heavy atom. The number of non-ortho nitro benzene ring substituents is 2. The van der Waals surface area contributed by atoms with E-state index in [2.05, 4.69) is 5.32 Å². The van der Waals surface area contributed by atoms with Gasteiger partial charge in [-0.1, -0.05) is 0 Å². The van der Waals surface area contributed by atoms with E-state index in [4.69, 9.17) is 4.74 Å². The predicted molar refractivity (Wildman–Crippen MR) is 94.3 cm³/mol. The summed E-state index contributed by atoms with van der Waals surface area (Å²) in [5, 5.41) is 33.8. The second-order valence-corrected chi connectivity index (χ2v) is 5.75. The molecule has 0 unspecified atom stereocenters. The molecule has 1 aliphatic rings. The molecular weight excluding hydrogens is 376 g/mol. The second kappa shape index (κ2) is 7.19. The quantitative estimate of drug-likeness (QED) is 0.254. The number of nitrogens with one attached hydrogen (secondary N) is 1. The van der Waals surface area contributed by atoms with Crippen molar-refractivity contribution in [2.45, 2.75) is 0 Å². The molecule has 0 radical (unpaired) electrons. The standard InChI is InChI=1S/C16H12N4O8/c21-13-4-2-9(19(24)25)5-11(13)17-15(22)7-18-8-16(23)28-14-6-10(20(26)27)1-3-12(14)18/h1-6,21H,7-8H2,(H,17,22). The van der Waals surface area contributed by atoms with Gasteiger partial charge in [-0.25, -0.2) is 4.79 Å². The van der Waals surface area contributed by atoms with Crippen molar-refractivity contribution in [2.24, 2.45) is 0 Å². The van der Waals surface area contributed by atoms with Gasteiger partial charge in [0, 0.05) is 18.2 Å². The Balaban J connectivity index is 1.80. The molecule has 1 heterocycles. The fourth-order valence-electron chi connectivity index (χ4n) is 2.60. The van der Waals surface area contributed by atoms with E-state index in [0.717, 1.165) is 24.3 Å². The highest BCUT2D eigenvalue weighted by Gasteiger charge is 2.28. The van der Waals surface area contributed by atoms with Crippen molar-refractivity contribution in [3.63, 3.8) is 0 Å². The third-order valence-electron chi connectivity index (χ3n) is 3.84. The molecule has 0 spiro atoms. The molecule has 144 valence electrons. The number of aromatic hydroxyl groups is 1. The fraction of sp³-hybridized carbons (Fsp3) is 0.125. The van der Waals surface area contributed by atoms with E-state index < -0.39 is 21.7 Å². The number of rotatable bonds is 5. The van der Waals surface area contributed by atoms with Crippen LogP contribution in [0.25, 0.3) is 0 Å². The number of carbonyl (C=O) groups is 2. The van der Waals surface area contributed by atoms with Crippen molar-refractivity contribution in [3.05, 3.63) is 56.6 Å². The topological polar surface area (TPSA) is 165 Å². The number of nitro benzene ring substituents is 2. The minimum Gasteiger partial charge on any atom is -0.506 e. The van der Waals surface area contributed by atoms with Gasteiger partial charge in [0.2, 0.25) is 5.91 Å². The van der Waals surface area contributed by atoms with Crippen LogP contribution in [0.1, 0.15) is 0 Å². The van der Waals surface area contributed by atoms with E-state index in [9.17, 15) is 34.9 Å². The summed E-state index contributed by atoms with van der Waals surface area (Å²) in [7, 11) is 0. The lowest BCUT2D eigenvalue weighted by Gasteiger charge is -2.29. The molecular formula is C16H12N4O8. The van der Waals surface area contributed by atoms with Crippen molar-refractivity contribution in [3.8, 4) is 11.5 Å². The Hall–Kier alpha value is -4.22. The molecule has 1 amide bonds. The first-order valence-electron chi connectivity index (χ1n) is 7.76. The molecule has 12 heteroatoms. The summed E-state index contributed by atoms with van der Waals surface area (Å²) in [5.74, 6) is -1.81. The normalized spacial score (nSPS) is 12.7. The van der Waals surface area contributed by atoms with Gasteiger partial charge in [0.1, 0.15) is 12.3 Å². The molecule has 0 saturated heterocycles. The molecule has 2 aromatic rings. The molecule has 0 aromatic heterocycles. The zero-order valence-corrected chi connectivity index (χ0v) is 14.0. The molecule has 1 aliphatic heterocycles. The van der Waals surface area contributed by atoms with Crippen LogP contribution in [-0.4, -0.2) is 39.9 Å². The molecule has 2 aromatic carbocycles. The van der Waals surface area contributed by atoms with Gasteiger partial charge in [0.15, 0.2) is 5.75 Å². The van der Waals surface area contributed by atoms with Gasteiger partial charge in [-0.05, 0) is 12.1 Å². The van der Waals surface area contributed by atoms with Gasteiger partial charge >= 0.3 is 5.97 Å². The van der Waals surface area contributed by atoms with Gasteiger partial charge in [0.25, 0.3) is 11.4 Å². The lowest BCUT2D eigenvalue weighted by atomic mass is 10.2. The maximum Gasteiger partial charge on any atom is 0.331 e. The van der Waals surface area contributed by atoms with Gasteiger partial charge in [0.05, 0.1) is 33.8 Å². The monoisotopic (exact) mass is 388 g/mol. The zero-order chi connectivity index (χ0) is 20.4. The highest BCUT2D eigenvalue weighted by atomic mass is 16.6. The summed E-state index contributed by atoms with van der Waals surface area (Å²) in [5.41, 5.74) is -0.474. The van der Waals surface area contributed by atoms with Crippen LogP contribution in [0.3, 0.4) is 0 Å². The molecule has 0 bridgehead atoms. The number of phenols is 1. The Kier molecular flexibility index (Phi) is 4.76. The number of benzene rings is 2. The summed E-state index contributed by atoms with van der Waals surface area (Å²) in [6.45, 7) is -0.638. The number of ether oxygens (including phenoxy) is 1. The van der Waals surface area contributed by atoms with Crippen LogP contribution in [0, 0.1) is 20.2 Å². The van der Waals surface area contributed by atoms with Crippen LogP contribution in [0.2, 0.25) is 0 Å². The van der Waals surface area contributed by atoms with Crippen molar-refractivity contribution in [1.29, 1.82) is 0 Å². The van der Waals surface area contributed by atoms with Gasteiger partial charge < -0.3 is 20.1 Å². The SMILES string of the molecule is O=C(CN1CC(=O)Oc2cc([N+](=O)[O-])ccc21)Nc1cc([N+](=O)[O-])ccc1O. The lowest BCUT2D eigenvalue weighted by Crippen LogP contribution is -2.41. The summed E-state index contributed by atoms with van der Waals surface area (Å²) in [6.07, 6.45) is 0. The first-order valence-corrected chi connectivity index (χ1v) is 7.76. The minimum absolute atomic E-state index is 0.0588. The van der Waals surface area contributed by atoms with Crippen LogP contribution in [0.4, 0.5) is 22.7 Å². The first kappa shape index (κ1) is 18.6. The number of amides is 1. The number of anilines is 2. The fourth-order valence-corrected chi connectivity index (χ4v) is 2.60. The van der Waals surface area contributed by atoms with Gasteiger partial charge in [-0.3, -0.25) is 25.0 Å². The number of carbonyl (C=O) groups excluding carboxylic acids is 2. The van der Waals surface area contributed by atoms with E-state index in [1.807, 2.05) is 0 Å². The maximum atomic E-state index is 12.3. The van der Waals surface area contributed by atoms with Crippen molar-refractivity contribution >= 4 is 34.6 Å². The van der Waals surface area contributed by atoms with Crippen LogP contribution in [-0.2, 0) is 9.59 Å². The minimum atomic E-state index is -0.709. The Morgan fingerprint density at radius 2 is 1.79 bits per heavy atom. The van der Waals surface area contributed by atoms with E-state index in [-0.39, 0.29) is 41.7 Å². The number of hydrogen-bond acceptors (Lipinski definition) is 9. The van der Waals surface area contributed by atoms with Crippen LogP contribution in [0.5, 0.6) is 11.5 Å². The number of fused-ring (bicyclic) bond motifs is 1. The highest BCUT2D eigenvalue weighted by Crippen LogP contribution is 2.35. The van der Waals surface area contributed by atoms with Crippen molar-refractivity contribution < 1.29 is 29.3 Å².